The van der Waals surface area contributed by atoms with Crippen molar-refractivity contribution in [2.45, 2.75) is 12.5 Å². The molecule has 146 valence electrons. The fraction of sp³-hybridized carbons (Fsp3) is 0.150. The van der Waals surface area contributed by atoms with E-state index in [0.29, 0.717) is 16.5 Å². The van der Waals surface area contributed by atoms with Crippen LogP contribution in [0.15, 0.2) is 71.2 Å². The van der Waals surface area contributed by atoms with E-state index in [1.807, 2.05) is 60.7 Å². The van der Waals surface area contributed by atoms with Crippen molar-refractivity contribution in [3.63, 3.8) is 0 Å². The Hall–Kier alpha value is -2.02. The summed E-state index contributed by atoms with van der Waals surface area (Å²) in [6, 6.07) is 20.0. The molecule has 0 saturated carbocycles. The van der Waals surface area contributed by atoms with E-state index < -0.39 is 13.9 Å². The number of carbonyl (C=O) groups is 1. The van der Waals surface area contributed by atoms with Crippen molar-refractivity contribution in [1.82, 2.24) is 5.32 Å². The predicted octanol–water partition coefficient (Wildman–Crippen LogP) is 4.05. The lowest BCUT2D eigenvalue weighted by Crippen LogP contribution is -2.39. The number of fused-ring (bicyclic) bond motifs is 1. The highest BCUT2D eigenvalue weighted by Crippen LogP contribution is 2.36. The molecule has 1 atom stereocenters. The third-order valence-electron chi connectivity index (χ3n) is 4.21. The fourth-order valence-electron chi connectivity index (χ4n) is 2.91. The lowest BCUT2D eigenvalue weighted by molar-refractivity contribution is 0.0908. The molecule has 28 heavy (non-hydrogen) atoms. The minimum atomic E-state index is -4.64. The quantitative estimate of drug-likeness (QED) is 0.459. The van der Waals surface area contributed by atoms with Crippen molar-refractivity contribution in [3.05, 3.63) is 82.3 Å². The van der Waals surface area contributed by atoms with Gasteiger partial charge in [-0.05, 0) is 44.8 Å². The molecule has 0 saturated heterocycles. The topological polar surface area (TPSA) is 95.9 Å². The average molecular weight is 464 g/mol. The maximum atomic E-state index is 12.8. The lowest BCUT2D eigenvalue weighted by atomic mass is 10.0. The average Bonchev–Trinajstić information content (AvgIpc) is 2.67. The molecule has 3 N–H and O–H groups in total. The largest absolute Gasteiger partial charge is 0.469 e. The Balaban J connectivity index is 1.81. The van der Waals surface area contributed by atoms with E-state index in [9.17, 15) is 9.36 Å². The summed E-state index contributed by atoms with van der Waals surface area (Å²) in [5, 5.41) is 4.72. The smallest absolute Gasteiger partial charge is 0.347 e. The predicted molar refractivity (Wildman–Crippen MR) is 111 cm³/mol. The fourth-order valence-corrected chi connectivity index (χ4v) is 3.96. The zero-order valence-corrected chi connectivity index (χ0v) is 17.3. The number of nitrogens with one attached hydrogen (secondary N) is 1. The van der Waals surface area contributed by atoms with E-state index in [0.717, 1.165) is 16.3 Å². The van der Waals surface area contributed by atoms with E-state index in [2.05, 4.69) is 25.8 Å². The molecule has 8 heteroatoms. The Bertz CT molecular complexity index is 1020. The second kappa shape index (κ2) is 8.99. The normalized spacial score (nSPS) is 12.7. The first-order valence-electron chi connectivity index (χ1n) is 8.55. The number of hydrogen-bond acceptors (Lipinski definition) is 3. The van der Waals surface area contributed by atoms with Crippen molar-refractivity contribution in [3.8, 4) is 0 Å². The Morgan fingerprint density at radius 1 is 1.04 bits per heavy atom. The van der Waals surface area contributed by atoms with Crippen LogP contribution in [-0.2, 0) is 15.5 Å². The van der Waals surface area contributed by atoms with Gasteiger partial charge in [0, 0.05) is 4.47 Å². The van der Waals surface area contributed by atoms with Crippen molar-refractivity contribution in [2.24, 2.45) is 0 Å². The first-order valence-corrected chi connectivity index (χ1v) is 10.9. The van der Waals surface area contributed by atoms with Gasteiger partial charge in [-0.3, -0.25) is 9.32 Å². The summed E-state index contributed by atoms with van der Waals surface area (Å²) in [5.41, 5.74) is 1.35. The van der Waals surface area contributed by atoms with Gasteiger partial charge in [0.05, 0.1) is 18.2 Å². The third kappa shape index (κ3) is 5.50. The summed E-state index contributed by atoms with van der Waals surface area (Å²) >= 11 is 3.49. The van der Waals surface area contributed by atoms with E-state index in [1.54, 1.807) is 6.07 Å². The van der Waals surface area contributed by atoms with Gasteiger partial charge in [-0.1, -0.05) is 60.7 Å². The van der Waals surface area contributed by atoms with Crippen molar-refractivity contribution >= 4 is 40.4 Å². The SMILES string of the molecule is O=C(N[C@@H](COP(=O)(O)O)Cc1ccccc1)c1ccc2ccccc2c1Br. The summed E-state index contributed by atoms with van der Waals surface area (Å²) in [5.74, 6) is -0.354. The van der Waals surface area contributed by atoms with Crippen molar-refractivity contribution in [2.75, 3.05) is 6.61 Å². The zero-order chi connectivity index (χ0) is 20.1. The molecule has 0 radical (unpaired) electrons. The molecule has 3 rings (SSSR count). The van der Waals surface area contributed by atoms with Crippen LogP contribution in [0.5, 0.6) is 0 Å². The minimum absolute atomic E-state index is 0.309. The molecule has 6 nitrogen and oxygen atoms in total. The van der Waals surface area contributed by atoms with Crippen LogP contribution in [0.1, 0.15) is 15.9 Å². The van der Waals surface area contributed by atoms with Gasteiger partial charge in [0.25, 0.3) is 5.91 Å². The second-order valence-electron chi connectivity index (χ2n) is 6.29. The Morgan fingerprint density at radius 3 is 2.43 bits per heavy atom. The van der Waals surface area contributed by atoms with E-state index in [1.165, 1.54) is 0 Å². The first-order chi connectivity index (χ1) is 13.3. The molecule has 0 aliphatic carbocycles. The number of benzene rings is 3. The van der Waals surface area contributed by atoms with Gasteiger partial charge in [0.2, 0.25) is 0 Å². The summed E-state index contributed by atoms with van der Waals surface area (Å²) in [4.78, 5) is 30.9. The highest BCUT2D eigenvalue weighted by molar-refractivity contribution is 9.10. The van der Waals surface area contributed by atoms with Crippen LogP contribution in [0.25, 0.3) is 10.8 Å². The Kier molecular flexibility index (Phi) is 6.65. The standard InChI is InChI=1S/C20H19BrNO5P/c21-19-17-9-5-4-8-15(17)10-11-18(19)20(23)22-16(13-27-28(24,25)26)12-14-6-2-1-3-7-14/h1-11,16H,12-13H2,(H,22,23)(H2,24,25,26)/t16-/m1/s1. The Labute approximate surface area is 170 Å². The van der Waals surface area contributed by atoms with E-state index in [4.69, 9.17) is 9.79 Å². The van der Waals surface area contributed by atoms with Gasteiger partial charge in [-0.25, -0.2) is 4.57 Å². The van der Waals surface area contributed by atoms with E-state index in [-0.39, 0.29) is 12.5 Å². The minimum Gasteiger partial charge on any atom is -0.347 e. The molecule has 0 fully saturated rings. The highest BCUT2D eigenvalue weighted by atomic mass is 79.9. The molecule has 0 aromatic heterocycles. The second-order valence-corrected chi connectivity index (χ2v) is 8.33. The van der Waals surface area contributed by atoms with Crippen LogP contribution in [0.4, 0.5) is 0 Å². The summed E-state index contributed by atoms with van der Waals surface area (Å²) in [6.07, 6.45) is 0.373. The van der Waals surface area contributed by atoms with Gasteiger partial charge in [0.1, 0.15) is 0 Å². The number of phosphoric acid groups is 1. The number of phosphoric ester groups is 1. The molecule has 1 amide bonds. The number of amides is 1. The van der Waals surface area contributed by atoms with Crippen molar-refractivity contribution < 1.29 is 23.7 Å². The van der Waals surface area contributed by atoms with Crippen LogP contribution >= 0.6 is 23.8 Å². The molecule has 0 heterocycles. The first kappa shape index (κ1) is 20.7. The molecular weight excluding hydrogens is 445 g/mol. The number of carbonyl (C=O) groups excluding carboxylic acids is 1. The van der Waals surface area contributed by atoms with Gasteiger partial charge in [-0.2, -0.15) is 0 Å². The summed E-state index contributed by atoms with van der Waals surface area (Å²) < 4.78 is 16.4. The molecule has 0 aliphatic heterocycles. The maximum absolute atomic E-state index is 12.8. The van der Waals surface area contributed by atoms with Crippen LogP contribution in [0, 0.1) is 0 Å². The van der Waals surface area contributed by atoms with Crippen molar-refractivity contribution in [1.29, 1.82) is 0 Å². The van der Waals surface area contributed by atoms with Crippen LogP contribution < -0.4 is 5.32 Å². The molecule has 0 spiro atoms. The molecule has 3 aromatic rings. The summed E-state index contributed by atoms with van der Waals surface area (Å²) in [6.45, 7) is -0.309. The van der Waals surface area contributed by atoms with Gasteiger partial charge in [0.15, 0.2) is 0 Å². The monoisotopic (exact) mass is 463 g/mol. The number of rotatable bonds is 7. The van der Waals surface area contributed by atoms with Crippen LogP contribution in [-0.4, -0.2) is 28.3 Å². The zero-order valence-electron chi connectivity index (χ0n) is 14.8. The molecule has 0 bridgehead atoms. The molecular formula is C20H19BrNO5P. The maximum Gasteiger partial charge on any atom is 0.469 e. The van der Waals surface area contributed by atoms with Gasteiger partial charge < -0.3 is 15.1 Å². The lowest BCUT2D eigenvalue weighted by Gasteiger charge is -2.20. The Morgan fingerprint density at radius 2 is 1.71 bits per heavy atom. The molecule has 0 aliphatic rings. The van der Waals surface area contributed by atoms with E-state index >= 15 is 0 Å². The van der Waals surface area contributed by atoms with Crippen LogP contribution in [0.2, 0.25) is 0 Å². The molecule has 3 aromatic carbocycles. The number of halogens is 1. The third-order valence-corrected chi connectivity index (χ3v) is 5.55. The molecule has 0 unspecified atom stereocenters. The van der Waals surface area contributed by atoms with Crippen LogP contribution in [0.3, 0.4) is 0 Å². The van der Waals surface area contributed by atoms with Gasteiger partial charge in [-0.15, -0.1) is 0 Å². The number of hydrogen-bond donors (Lipinski definition) is 3. The highest BCUT2D eigenvalue weighted by Gasteiger charge is 2.22. The summed E-state index contributed by atoms with van der Waals surface area (Å²) in [7, 11) is -4.64. The van der Waals surface area contributed by atoms with Gasteiger partial charge >= 0.3 is 7.82 Å².